The molecule has 0 aliphatic heterocycles. The molecule has 7 nitrogen and oxygen atoms in total. The summed E-state index contributed by atoms with van der Waals surface area (Å²) in [6, 6.07) is 8.90. The fourth-order valence-electron chi connectivity index (χ4n) is 1.76. The summed E-state index contributed by atoms with van der Waals surface area (Å²) < 4.78 is 4.86. The molecular formula is C15H14N2O5S. The van der Waals surface area contributed by atoms with Crippen molar-refractivity contribution in [3.8, 4) is 0 Å². The second-order valence-electron chi connectivity index (χ2n) is 4.56. The van der Waals surface area contributed by atoms with Gasteiger partial charge in [-0.2, -0.15) is 0 Å². The van der Waals surface area contributed by atoms with Crippen molar-refractivity contribution >= 4 is 28.9 Å². The van der Waals surface area contributed by atoms with E-state index in [-0.39, 0.29) is 17.9 Å². The minimum absolute atomic E-state index is 0.118. The van der Waals surface area contributed by atoms with E-state index in [0.29, 0.717) is 6.54 Å². The number of amides is 1. The number of nitrogens with zero attached hydrogens (tertiary/aromatic N) is 1. The maximum Gasteiger partial charge on any atom is 0.338 e. The Kier molecular flexibility index (Phi) is 5.81. The third-order valence-electron chi connectivity index (χ3n) is 2.92. The molecule has 1 aromatic heterocycles. The Morgan fingerprint density at radius 1 is 1.22 bits per heavy atom. The summed E-state index contributed by atoms with van der Waals surface area (Å²) in [5.74, 6) is -1.09. The minimum atomic E-state index is -0.701. The molecule has 0 radical (unpaired) electrons. The predicted octanol–water partition coefficient (Wildman–Crippen LogP) is 2.17. The number of nitrogens with one attached hydrogen (secondary N) is 1. The maximum absolute atomic E-state index is 11.7. The molecule has 2 rings (SSSR count). The van der Waals surface area contributed by atoms with Gasteiger partial charge < -0.3 is 10.1 Å². The average Bonchev–Trinajstić information content (AvgIpc) is 3.06. The summed E-state index contributed by atoms with van der Waals surface area (Å²) in [5.41, 5.74) is 0.0369. The molecule has 1 N–H and O–H groups in total. The molecule has 0 aliphatic carbocycles. The van der Waals surface area contributed by atoms with Gasteiger partial charge in [-0.05, 0) is 30.0 Å². The zero-order chi connectivity index (χ0) is 16.7. The van der Waals surface area contributed by atoms with Crippen molar-refractivity contribution in [1.29, 1.82) is 0 Å². The zero-order valence-electron chi connectivity index (χ0n) is 12.1. The fourth-order valence-corrected chi connectivity index (χ4v) is 2.47. The third-order valence-corrected chi connectivity index (χ3v) is 3.86. The van der Waals surface area contributed by atoms with E-state index in [2.05, 4.69) is 5.32 Å². The van der Waals surface area contributed by atoms with Crippen molar-refractivity contribution in [1.82, 2.24) is 5.32 Å². The van der Waals surface area contributed by atoms with Gasteiger partial charge in [-0.1, -0.05) is 6.07 Å². The first-order chi connectivity index (χ1) is 11.1. The molecule has 0 atom stereocenters. The van der Waals surface area contributed by atoms with Gasteiger partial charge in [0.2, 0.25) is 0 Å². The molecule has 0 bridgehead atoms. The Balaban J connectivity index is 1.72. The van der Waals surface area contributed by atoms with Crippen LogP contribution in [0.4, 0.5) is 5.69 Å². The number of rotatable bonds is 7. The van der Waals surface area contributed by atoms with Gasteiger partial charge in [0.05, 0.1) is 10.5 Å². The van der Waals surface area contributed by atoms with Crippen LogP contribution in [0, 0.1) is 10.1 Å². The molecule has 0 saturated carbocycles. The zero-order valence-corrected chi connectivity index (χ0v) is 12.9. The molecule has 120 valence electrons. The van der Waals surface area contributed by atoms with E-state index in [1.165, 1.54) is 24.3 Å². The van der Waals surface area contributed by atoms with Gasteiger partial charge in [0, 0.05) is 23.6 Å². The highest BCUT2D eigenvalue weighted by Gasteiger charge is 2.12. The number of carbonyl (C=O) groups is 2. The van der Waals surface area contributed by atoms with E-state index in [1.54, 1.807) is 11.3 Å². The molecule has 23 heavy (non-hydrogen) atoms. The normalized spacial score (nSPS) is 10.1. The van der Waals surface area contributed by atoms with E-state index < -0.39 is 16.8 Å². The number of nitro benzene ring substituents is 1. The van der Waals surface area contributed by atoms with Crippen LogP contribution in [0.15, 0.2) is 41.8 Å². The van der Waals surface area contributed by atoms with Crippen LogP contribution in [-0.2, 0) is 16.0 Å². The van der Waals surface area contributed by atoms with Gasteiger partial charge in [0.15, 0.2) is 6.61 Å². The lowest BCUT2D eigenvalue weighted by Gasteiger charge is -2.06. The number of carbonyl (C=O) groups excluding carboxylic acids is 2. The van der Waals surface area contributed by atoms with E-state index in [0.717, 1.165) is 11.3 Å². The summed E-state index contributed by atoms with van der Waals surface area (Å²) in [7, 11) is 0. The molecule has 0 unspecified atom stereocenters. The Morgan fingerprint density at radius 3 is 2.57 bits per heavy atom. The van der Waals surface area contributed by atoms with Crippen LogP contribution < -0.4 is 5.32 Å². The first kappa shape index (κ1) is 16.6. The number of non-ortho nitro benzene ring substituents is 1. The average molecular weight is 334 g/mol. The molecule has 0 aliphatic rings. The van der Waals surface area contributed by atoms with Crippen molar-refractivity contribution in [2.45, 2.75) is 6.42 Å². The van der Waals surface area contributed by atoms with E-state index >= 15 is 0 Å². The highest BCUT2D eigenvalue weighted by atomic mass is 32.1. The lowest BCUT2D eigenvalue weighted by atomic mass is 10.2. The van der Waals surface area contributed by atoms with Crippen LogP contribution in [0.1, 0.15) is 15.2 Å². The largest absolute Gasteiger partial charge is 0.452 e. The molecule has 1 heterocycles. The first-order valence-electron chi connectivity index (χ1n) is 6.77. The van der Waals surface area contributed by atoms with E-state index in [1.807, 2.05) is 17.5 Å². The summed E-state index contributed by atoms with van der Waals surface area (Å²) in [5, 5.41) is 15.1. The number of ether oxygens (including phenoxy) is 1. The van der Waals surface area contributed by atoms with Crippen LogP contribution in [-0.4, -0.2) is 30.0 Å². The smallest absolute Gasteiger partial charge is 0.338 e. The Bertz CT molecular complexity index is 682. The highest BCUT2D eigenvalue weighted by molar-refractivity contribution is 7.09. The predicted molar refractivity (Wildman–Crippen MR) is 84.4 cm³/mol. The quantitative estimate of drug-likeness (QED) is 0.475. The van der Waals surface area contributed by atoms with E-state index in [4.69, 9.17) is 4.74 Å². The Labute approximate surface area is 136 Å². The monoisotopic (exact) mass is 334 g/mol. The van der Waals surface area contributed by atoms with Crippen molar-refractivity contribution in [2.75, 3.05) is 13.2 Å². The molecule has 0 spiro atoms. The second kappa shape index (κ2) is 8.04. The standard InChI is InChI=1S/C15H14N2O5S/c18-14(16-8-7-13-2-1-9-23-13)10-22-15(19)11-3-5-12(6-4-11)17(20)21/h1-6,9H,7-8,10H2,(H,16,18). The van der Waals surface area contributed by atoms with Crippen molar-refractivity contribution < 1.29 is 19.2 Å². The van der Waals surface area contributed by atoms with Crippen LogP contribution in [0.3, 0.4) is 0 Å². The van der Waals surface area contributed by atoms with Crippen LogP contribution in [0.2, 0.25) is 0 Å². The number of esters is 1. The number of hydrogen-bond acceptors (Lipinski definition) is 6. The van der Waals surface area contributed by atoms with Crippen LogP contribution >= 0.6 is 11.3 Å². The van der Waals surface area contributed by atoms with Crippen molar-refractivity contribution in [2.24, 2.45) is 0 Å². The van der Waals surface area contributed by atoms with Crippen LogP contribution in [0.25, 0.3) is 0 Å². The minimum Gasteiger partial charge on any atom is -0.452 e. The van der Waals surface area contributed by atoms with Gasteiger partial charge in [-0.15, -0.1) is 11.3 Å². The molecule has 0 saturated heterocycles. The summed E-state index contributed by atoms with van der Waals surface area (Å²) in [6.45, 7) is 0.0781. The van der Waals surface area contributed by atoms with Gasteiger partial charge in [-0.25, -0.2) is 4.79 Å². The van der Waals surface area contributed by atoms with E-state index in [9.17, 15) is 19.7 Å². The summed E-state index contributed by atoms with van der Waals surface area (Å²) >= 11 is 1.61. The SMILES string of the molecule is O=C(COC(=O)c1ccc([N+](=O)[O-])cc1)NCCc1cccs1. The lowest BCUT2D eigenvalue weighted by Crippen LogP contribution is -2.30. The molecular weight excluding hydrogens is 320 g/mol. The summed E-state index contributed by atoms with van der Waals surface area (Å²) in [4.78, 5) is 34.4. The van der Waals surface area contributed by atoms with Crippen LogP contribution in [0.5, 0.6) is 0 Å². The first-order valence-corrected chi connectivity index (χ1v) is 7.65. The molecule has 2 aromatic rings. The van der Waals surface area contributed by atoms with Gasteiger partial charge >= 0.3 is 5.97 Å². The number of benzene rings is 1. The molecule has 0 fully saturated rings. The topological polar surface area (TPSA) is 98.5 Å². The Morgan fingerprint density at radius 2 is 1.96 bits per heavy atom. The number of hydrogen-bond donors (Lipinski definition) is 1. The molecule has 1 amide bonds. The fraction of sp³-hybridized carbons (Fsp3) is 0.200. The maximum atomic E-state index is 11.7. The lowest BCUT2D eigenvalue weighted by molar-refractivity contribution is -0.384. The summed E-state index contributed by atoms with van der Waals surface area (Å²) in [6.07, 6.45) is 0.722. The third kappa shape index (κ3) is 5.19. The highest BCUT2D eigenvalue weighted by Crippen LogP contribution is 2.12. The molecule has 8 heteroatoms. The van der Waals surface area contributed by atoms with Crippen molar-refractivity contribution in [3.63, 3.8) is 0 Å². The van der Waals surface area contributed by atoms with Gasteiger partial charge in [0.1, 0.15) is 0 Å². The number of thiophene rings is 1. The van der Waals surface area contributed by atoms with Crippen molar-refractivity contribution in [3.05, 3.63) is 62.3 Å². The molecule has 1 aromatic carbocycles. The second-order valence-corrected chi connectivity index (χ2v) is 5.59. The van der Waals surface area contributed by atoms with Gasteiger partial charge in [-0.3, -0.25) is 14.9 Å². The number of nitro groups is 1. The Hall–Kier alpha value is -2.74. The van der Waals surface area contributed by atoms with Gasteiger partial charge in [0.25, 0.3) is 11.6 Å².